The van der Waals surface area contributed by atoms with Crippen molar-refractivity contribution in [2.24, 2.45) is 11.3 Å². The van der Waals surface area contributed by atoms with E-state index in [2.05, 4.69) is 27.7 Å². The largest absolute Gasteiger partial charge is 0.496 e. The van der Waals surface area contributed by atoms with Crippen molar-refractivity contribution in [2.45, 2.75) is 34.1 Å². The molecule has 0 heterocycles. The van der Waals surface area contributed by atoms with Crippen LogP contribution in [0.5, 0.6) is 11.5 Å². The Morgan fingerprint density at radius 2 is 1.73 bits per heavy atom. The maximum absolute atomic E-state index is 12.6. The van der Waals surface area contributed by atoms with Gasteiger partial charge in [-0.1, -0.05) is 40.2 Å². The average molecular weight is 326 g/mol. The molecule has 0 fully saturated rings. The SMILES string of the molecule is CCC(C)(C)C(C)C[PH](=O)C(=O)c1c(OC)cccc1OC. The van der Waals surface area contributed by atoms with Crippen molar-refractivity contribution in [3.63, 3.8) is 0 Å². The Hall–Kier alpha value is -1.28. The number of carbonyl (C=O) groups is 1. The average Bonchev–Trinajstić information content (AvgIpc) is 2.52. The summed E-state index contributed by atoms with van der Waals surface area (Å²) >= 11 is 0. The van der Waals surface area contributed by atoms with Gasteiger partial charge in [-0.15, -0.1) is 0 Å². The topological polar surface area (TPSA) is 52.6 Å². The van der Waals surface area contributed by atoms with Gasteiger partial charge in [0, 0.05) is 6.16 Å². The lowest BCUT2D eigenvalue weighted by molar-refractivity contribution is 0.107. The van der Waals surface area contributed by atoms with Crippen LogP contribution in [0.2, 0.25) is 0 Å². The predicted molar refractivity (Wildman–Crippen MR) is 91.0 cm³/mol. The molecule has 1 aromatic carbocycles. The lowest BCUT2D eigenvalue weighted by atomic mass is 9.79. The molecule has 0 bridgehead atoms. The highest BCUT2D eigenvalue weighted by Gasteiger charge is 2.29. The van der Waals surface area contributed by atoms with Crippen molar-refractivity contribution >= 4 is 13.3 Å². The third-order valence-electron chi connectivity index (χ3n) is 4.65. The molecule has 124 valence electrons. The van der Waals surface area contributed by atoms with Gasteiger partial charge in [0.05, 0.1) is 14.2 Å². The lowest BCUT2D eigenvalue weighted by Crippen LogP contribution is -2.23. The summed E-state index contributed by atoms with van der Waals surface area (Å²) in [6.07, 6.45) is 1.39. The third kappa shape index (κ3) is 4.13. The molecule has 0 aliphatic heterocycles. The van der Waals surface area contributed by atoms with Gasteiger partial charge in [-0.3, -0.25) is 4.79 Å². The molecule has 0 saturated carbocycles. The zero-order valence-electron chi connectivity index (χ0n) is 14.4. The van der Waals surface area contributed by atoms with E-state index in [0.717, 1.165) is 6.42 Å². The van der Waals surface area contributed by atoms with E-state index in [9.17, 15) is 9.36 Å². The first-order valence-electron chi connectivity index (χ1n) is 7.57. The summed E-state index contributed by atoms with van der Waals surface area (Å²) in [5.74, 6) is 1.02. The molecule has 0 radical (unpaired) electrons. The second-order valence-electron chi connectivity index (χ2n) is 6.24. The van der Waals surface area contributed by atoms with E-state index >= 15 is 0 Å². The van der Waals surface area contributed by atoms with Crippen molar-refractivity contribution in [2.75, 3.05) is 20.4 Å². The molecule has 0 aliphatic carbocycles. The van der Waals surface area contributed by atoms with E-state index in [4.69, 9.17) is 9.47 Å². The van der Waals surface area contributed by atoms with E-state index in [0.29, 0.717) is 17.7 Å². The van der Waals surface area contributed by atoms with Gasteiger partial charge in [-0.05, 0) is 23.5 Å². The van der Waals surface area contributed by atoms with Crippen LogP contribution in [0.15, 0.2) is 18.2 Å². The molecule has 0 aliphatic rings. The Bertz CT molecular complexity index is 529. The number of methoxy groups -OCH3 is 2. The molecule has 0 amide bonds. The fraction of sp³-hybridized carbons (Fsp3) is 0.588. The van der Waals surface area contributed by atoms with Gasteiger partial charge in [0.15, 0.2) is 0 Å². The number of hydrogen-bond donors (Lipinski definition) is 0. The Morgan fingerprint density at radius 3 is 2.14 bits per heavy atom. The zero-order chi connectivity index (χ0) is 16.9. The summed E-state index contributed by atoms with van der Waals surface area (Å²) < 4.78 is 23.0. The maximum atomic E-state index is 12.6. The van der Waals surface area contributed by atoms with Crippen LogP contribution >= 0.6 is 7.80 Å². The lowest BCUT2D eigenvalue weighted by Gasteiger charge is -2.30. The molecular formula is C17H27O4P. The molecule has 2 unspecified atom stereocenters. The van der Waals surface area contributed by atoms with Crippen LogP contribution in [0.4, 0.5) is 0 Å². The zero-order valence-corrected chi connectivity index (χ0v) is 15.4. The Balaban J connectivity index is 3.04. The Morgan fingerprint density at radius 1 is 1.23 bits per heavy atom. The van der Waals surface area contributed by atoms with Gasteiger partial charge in [-0.25, -0.2) is 0 Å². The summed E-state index contributed by atoms with van der Waals surface area (Å²) in [5.41, 5.74) is -0.0122. The van der Waals surface area contributed by atoms with Gasteiger partial charge in [0.2, 0.25) is 5.52 Å². The molecule has 1 rings (SSSR count). The molecule has 5 heteroatoms. The van der Waals surface area contributed by atoms with E-state index < -0.39 is 7.80 Å². The van der Waals surface area contributed by atoms with E-state index in [1.165, 1.54) is 14.2 Å². The molecular weight excluding hydrogens is 299 g/mol. The standard InChI is InChI=1S/C17H27O4P/c1-7-17(3,4)12(2)11-22(19)16(18)15-13(20-5)9-8-10-14(15)21-6/h8-10,12,22H,7,11H2,1-6H3. The molecule has 22 heavy (non-hydrogen) atoms. The van der Waals surface area contributed by atoms with Crippen LogP contribution in [-0.4, -0.2) is 25.9 Å². The highest BCUT2D eigenvalue weighted by molar-refractivity contribution is 7.64. The van der Waals surface area contributed by atoms with Gasteiger partial charge in [-0.2, -0.15) is 0 Å². The molecule has 0 saturated heterocycles. The van der Waals surface area contributed by atoms with Crippen molar-refractivity contribution < 1.29 is 18.8 Å². The van der Waals surface area contributed by atoms with Crippen LogP contribution in [0.1, 0.15) is 44.5 Å². The second-order valence-corrected chi connectivity index (χ2v) is 7.95. The van der Waals surface area contributed by atoms with Crippen LogP contribution in [0.3, 0.4) is 0 Å². The summed E-state index contributed by atoms with van der Waals surface area (Å²) in [5, 5.41) is 0. The number of benzene rings is 1. The minimum absolute atomic E-state index is 0.0610. The quantitative estimate of drug-likeness (QED) is 0.661. The monoisotopic (exact) mass is 326 g/mol. The fourth-order valence-corrected chi connectivity index (χ4v) is 4.03. The molecule has 4 nitrogen and oxygen atoms in total. The van der Waals surface area contributed by atoms with E-state index in [-0.39, 0.29) is 22.4 Å². The Kier molecular flexibility index (Phi) is 6.67. The van der Waals surface area contributed by atoms with Crippen molar-refractivity contribution in [3.05, 3.63) is 23.8 Å². The molecule has 0 N–H and O–H groups in total. The summed E-state index contributed by atoms with van der Waals surface area (Å²) in [6, 6.07) is 5.11. The highest BCUT2D eigenvalue weighted by Crippen LogP contribution is 2.42. The predicted octanol–water partition coefficient (Wildman–Crippen LogP) is 4.48. The third-order valence-corrected chi connectivity index (χ3v) is 6.38. The molecule has 0 spiro atoms. The summed E-state index contributed by atoms with van der Waals surface area (Å²) in [7, 11) is 0.559. The summed E-state index contributed by atoms with van der Waals surface area (Å²) in [4.78, 5) is 12.6. The minimum atomic E-state index is -2.42. The number of ether oxygens (including phenoxy) is 2. The first-order valence-corrected chi connectivity index (χ1v) is 9.18. The number of rotatable bonds is 8. The van der Waals surface area contributed by atoms with Crippen LogP contribution in [0, 0.1) is 11.3 Å². The van der Waals surface area contributed by atoms with E-state index in [1.807, 2.05) is 0 Å². The summed E-state index contributed by atoms with van der Waals surface area (Å²) in [6.45, 7) is 8.44. The van der Waals surface area contributed by atoms with Gasteiger partial charge >= 0.3 is 0 Å². The fourth-order valence-electron chi connectivity index (χ4n) is 2.21. The Labute approximate surface area is 134 Å². The normalized spacial score (nSPS) is 14.3. The molecule has 0 aromatic heterocycles. The van der Waals surface area contributed by atoms with Crippen molar-refractivity contribution in [3.8, 4) is 11.5 Å². The number of carbonyl (C=O) groups excluding carboxylic acids is 1. The minimum Gasteiger partial charge on any atom is -0.496 e. The molecule has 2 atom stereocenters. The number of hydrogen-bond acceptors (Lipinski definition) is 4. The van der Waals surface area contributed by atoms with Crippen LogP contribution in [0.25, 0.3) is 0 Å². The first kappa shape index (κ1) is 18.8. The van der Waals surface area contributed by atoms with Gasteiger partial charge < -0.3 is 14.0 Å². The highest BCUT2D eigenvalue weighted by atomic mass is 31.1. The molecule has 1 aromatic rings. The van der Waals surface area contributed by atoms with Crippen molar-refractivity contribution in [1.29, 1.82) is 0 Å². The smallest absolute Gasteiger partial charge is 0.225 e. The van der Waals surface area contributed by atoms with Gasteiger partial charge in [0.25, 0.3) is 0 Å². The van der Waals surface area contributed by atoms with Crippen LogP contribution in [-0.2, 0) is 4.57 Å². The second kappa shape index (κ2) is 7.82. The van der Waals surface area contributed by atoms with Crippen molar-refractivity contribution in [1.82, 2.24) is 0 Å². The van der Waals surface area contributed by atoms with Gasteiger partial charge in [0.1, 0.15) is 24.9 Å². The van der Waals surface area contributed by atoms with Crippen LogP contribution < -0.4 is 9.47 Å². The maximum Gasteiger partial charge on any atom is 0.225 e. The van der Waals surface area contributed by atoms with E-state index in [1.54, 1.807) is 18.2 Å². The first-order chi connectivity index (χ1) is 10.3.